The third-order valence-electron chi connectivity index (χ3n) is 3.31. The van der Waals surface area contributed by atoms with Gasteiger partial charge in [0, 0.05) is 18.0 Å². The van der Waals surface area contributed by atoms with Crippen LogP contribution in [0, 0.1) is 0 Å². The van der Waals surface area contributed by atoms with Crippen LogP contribution in [0.2, 0.25) is 0 Å². The predicted molar refractivity (Wildman–Crippen MR) is 65.8 cm³/mol. The number of alkyl halides is 3. The lowest BCUT2D eigenvalue weighted by Gasteiger charge is -2.14. The molecule has 19 heavy (non-hydrogen) atoms. The highest BCUT2D eigenvalue weighted by Crippen LogP contribution is 2.35. The van der Waals surface area contributed by atoms with Crippen molar-refractivity contribution >= 4 is 11.5 Å². The van der Waals surface area contributed by atoms with Crippen molar-refractivity contribution in [2.45, 2.75) is 31.5 Å². The van der Waals surface area contributed by atoms with Crippen LogP contribution in [-0.4, -0.2) is 18.4 Å². The van der Waals surface area contributed by atoms with Gasteiger partial charge in [-0.2, -0.15) is 13.2 Å². The number of ketones is 1. The number of anilines is 1. The molecule has 0 bridgehead atoms. The number of nitrogens with one attached hydrogen (secondary N) is 1. The number of nitrogens with two attached hydrogens (primary N) is 1. The summed E-state index contributed by atoms with van der Waals surface area (Å²) in [6, 6.07) is 3.50. The van der Waals surface area contributed by atoms with Gasteiger partial charge >= 0.3 is 6.18 Å². The van der Waals surface area contributed by atoms with E-state index in [2.05, 4.69) is 5.32 Å². The van der Waals surface area contributed by atoms with Crippen LogP contribution in [0.4, 0.5) is 18.9 Å². The molecule has 0 spiro atoms. The molecule has 1 fully saturated rings. The average molecular weight is 272 g/mol. The normalized spacial score (nSPS) is 19.6. The molecule has 0 amide bonds. The third-order valence-corrected chi connectivity index (χ3v) is 3.31. The van der Waals surface area contributed by atoms with E-state index in [0.29, 0.717) is 0 Å². The second-order valence-electron chi connectivity index (χ2n) is 4.69. The zero-order valence-electron chi connectivity index (χ0n) is 10.3. The zero-order chi connectivity index (χ0) is 14.0. The Labute approximate surface area is 109 Å². The highest BCUT2D eigenvalue weighted by Gasteiger charge is 2.34. The Balaban J connectivity index is 2.22. The Morgan fingerprint density at radius 2 is 2.16 bits per heavy atom. The minimum Gasteiger partial charge on any atom is -0.398 e. The molecule has 2 rings (SSSR count). The average Bonchev–Trinajstić information content (AvgIpc) is 2.80. The molecule has 1 atom stereocenters. The molecule has 1 unspecified atom stereocenters. The number of rotatable bonds is 3. The molecule has 1 heterocycles. The summed E-state index contributed by atoms with van der Waals surface area (Å²) in [6.07, 6.45) is -2.50. The number of halogens is 3. The van der Waals surface area contributed by atoms with Gasteiger partial charge in [0.25, 0.3) is 0 Å². The van der Waals surface area contributed by atoms with Gasteiger partial charge in [-0.15, -0.1) is 0 Å². The van der Waals surface area contributed by atoms with Crippen LogP contribution < -0.4 is 11.1 Å². The van der Waals surface area contributed by atoms with Gasteiger partial charge in [0.05, 0.1) is 11.3 Å². The van der Waals surface area contributed by atoms with Crippen molar-refractivity contribution in [2.75, 3.05) is 12.3 Å². The van der Waals surface area contributed by atoms with E-state index in [1.807, 2.05) is 0 Å². The quantitative estimate of drug-likeness (QED) is 0.657. The van der Waals surface area contributed by atoms with Crippen LogP contribution in [-0.2, 0) is 6.18 Å². The van der Waals surface area contributed by atoms with E-state index >= 15 is 0 Å². The maximum atomic E-state index is 12.7. The fourth-order valence-corrected chi connectivity index (χ4v) is 2.32. The van der Waals surface area contributed by atoms with Crippen LogP contribution in [0.1, 0.15) is 35.2 Å². The van der Waals surface area contributed by atoms with E-state index < -0.39 is 17.4 Å². The van der Waals surface area contributed by atoms with Crippen LogP contribution in [0.5, 0.6) is 0 Å². The minimum atomic E-state index is -4.54. The predicted octanol–water partition coefficient (Wildman–Crippen LogP) is 2.61. The van der Waals surface area contributed by atoms with Crippen molar-refractivity contribution in [1.82, 2.24) is 5.32 Å². The summed E-state index contributed by atoms with van der Waals surface area (Å²) < 4.78 is 38.1. The number of nitrogen functional groups attached to an aromatic ring is 1. The summed E-state index contributed by atoms with van der Waals surface area (Å²) in [4.78, 5) is 12.0. The first-order chi connectivity index (χ1) is 8.89. The van der Waals surface area contributed by atoms with Crippen LogP contribution in [0.15, 0.2) is 18.2 Å². The van der Waals surface area contributed by atoms with E-state index in [4.69, 9.17) is 5.73 Å². The summed E-state index contributed by atoms with van der Waals surface area (Å²) in [7, 11) is 0. The van der Waals surface area contributed by atoms with Crippen molar-refractivity contribution in [3.63, 3.8) is 0 Å². The number of hydrogen-bond acceptors (Lipinski definition) is 3. The lowest BCUT2D eigenvalue weighted by Crippen LogP contribution is -2.25. The zero-order valence-corrected chi connectivity index (χ0v) is 10.3. The first-order valence-electron chi connectivity index (χ1n) is 6.12. The Morgan fingerprint density at radius 1 is 1.42 bits per heavy atom. The molecule has 6 heteroatoms. The van der Waals surface area contributed by atoms with Crippen LogP contribution >= 0.6 is 0 Å². The standard InChI is InChI=1S/C13H15F3N2O/c14-13(15,16)10-5-1-4-9(12(10)17)11(19)7-8-3-2-6-18-8/h1,4-5,8,18H,2-3,6-7,17H2. The second kappa shape index (κ2) is 5.21. The maximum Gasteiger partial charge on any atom is 0.418 e. The van der Waals surface area contributed by atoms with E-state index in [9.17, 15) is 18.0 Å². The van der Waals surface area contributed by atoms with E-state index in [-0.39, 0.29) is 23.8 Å². The lowest BCUT2D eigenvalue weighted by molar-refractivity contribution is -0.136. The van der Waals surface area contributed by atoms with Crippen molar-refractivity contribution < 1.29 is 18.0 Å². The van der Waals surface area contributed by atoms with Gasteiger partial charge in [-0.05, 0) is 31.5 Å². The number of carbonyl (C=O) groups excluding carboxylic acids is 1. The SMILES string of the molecule is Nc1c(C(=O)CC2CCCN2)cccc1C(F)(F)F. The van der Waals surface area contributed by atoms with Crippen LogP contribution in [0.3, 0.4) is 0 Å². The summed E-state index contributed by atoms with van der Waals surface area (Å²) >= 11 is 0. The Morgan fingerprint density at radius 3 is 2.74 bits per heavy atom. The van der Waals surface area contributed by atoms with Gasteiger partial charge in [0.15, 0.2) is 5.78 Å². The Bertz CT molecular complexity index is 479. The molecule has 0 radical (unpaired) electrons. The second-order valence-corrected chi connectivity index (χ2v) is 4.69. The van der Waals surface area contributed by atoms with Crippen molar-refractivity contribution in [3.05, 3.63) is 29.3 Å². The first-order valence-corrected chi connectivity index (χ1v) is 6.12. The van der Waals surface area contributed by atoms with Crippen molar-refractivity contribution in [1.29, 1.82) is 0 Å². The Hall–Kier alpha value is -1.56. The molecule has 1 saturated heterocycles. The summed E-state index contributed by atoms with van der Waals surface area (Å²) in [5.74, 6) is -0.344. The molecule has 1 aromatic carbocycles. The third kappa shape index (κ3) is 3.07. The lowest BCUT2D eigenvalue weighted by atomic mass is 9.98. The molecule has 0 aliphatic carbocycles. The number of benzene rings is 1. The number of carbonyl (C=O) groups is 1. The molecule has 1 aliphatic heterocycles. The molecule has 0 aromatic heterocycles. The molecule has 3 nitrogen and oxygen atoms in total. The highest BCUT2D eigenvalue weighted by molar-refractivity contribution is 6.01. The van der Waals surface area contributed by atoms with Crippen molar-refractivity contribution in [3.8, 4) is 0 Å². The molecule has 104 valence electrons. The molecule has 0 saturated carbocycles. The van der Waals surface area contributed by atoms with E-state index in [1.54, 1.807) is 0 Å². The number of hydrogen-bond donors (Lipinski definition) is 2. The van der Waals surface area contributed by atoms with Crippen LogP contribution in [0.25, 0.3) is 0 Å². The minimum absolute atomic E-state index is 0.0384. The molecule has 3 N–H and O–H groups in total. The first kappa shape index (κ1) is 13.9. The Kier molecular flexibility index (Phi) is 3.80. The number of para-hydroxylation sites is 1. The van der Waals surface area contributed by atoms with Gasteiger partial charge in [-0.3, -0.25) is 4.79 Å². The van der Waals surface area contributed by atoms with Gasteiger partial charge in [-0.25, -0.2) is 0 Å². The maximum absolute atomic E-state index is 12.7. The molecule has 1 aromatic rings. The fraction of sp³-hybridized carbons (Fsp3) is 0.462. The highest BCUT2D eigenvalue weighted by atomic mass is 19.4. The number of Topliss-reactive ketones (excluding diaryl/α,β-unsaturated/α-hetero) is 1. The molecule has 1 aliphatic rings. The summed E-state index contributed by atoms with van der Waals surface area (Å²) in [5, 5.41) is 3.14. The molecular formula is C13H15F3N2O. The van der Waals surface area contributed by atoms with Gasteiger partial charge < -0.3 is 11.1 Å². The van der Waals surface area contributed by atoms with Gasteiger partial charge in [-0.1, -0.05) is 6.07 Å². The smallest absolute Gasteiger partial charge is 0.398 e. The van der Waals surface area contributed by atoms with E-state index in [1.165, 1.54) is 12.1 Å². The largest absolute Gasteiger partial charge is 0.418 e. The van der Waals surface area contributed by atoms with E-state index in [0.717, 1.165) is 25.5 Å². The summed E-state index contributed by atoms with van der Waals surface area (Å²) in [6.45, 7) is 0.843. The summed E-state index contributed by atoms with van der Waals surface area (Å²) in [5.41, 5.74) is 4.02. The topological polar surface area (TPSA) is 55.1 Å². The van der Waals surface area contributed by atoms with Crippen molar-refractivity contribution in [2.24, 2.45) is 0 Å². The molecular weight excluding hydrogens is 257 g/mol. The fourth-order valence-electron chi connectivity index (χ4n) is 2.32. The van der Waals surface area contributed by atoms with Gasteiger partial charge in [0.2, 0.25) is 0 Å². The monoisotopic (exact) mass is 272 g/mol. The van der Waals surface area contributed by atoms with Gasteiger partial charge in [0.1, 0.15) is 0 Å².